The number of amides is 1. The Kier molecular flexibility index (Phi) is 8.52. The lowest BCUT2D eigenvalue weighted by Crippen LogP contribution is -2.33. The van der Waals surface area contributed by atoms with Crippen LogP contribution in [0.5, 0.6) is 0 Å². The van der Waals surface area contributed by atoms with Crippen LogP contribution in [0.25, 0.3) is 0 Å². The van der Waals surface area contributed by atoms with Crippen LogP contribution in [0.3, 0.4) is 0 Å². The zero-order valence-corrected chi connectivity index (χ0v) is 16.1. The molecule has 0 aliphatic carbocycles. The normalized spacial score (nSPS) is 18.4. The van der Waals surface area contributed by atoms with Crippen molar-refractivity contribution >= 4 is 11.9 Å². The summed E-state index contributed by atoms with van der Waals surface area (Å²) < 4.78 is 0. The number of carbonyl (C=O) groups is 2. The van der Waals surface area contributed by atoms with Crippen LogP contribution in [0, 0.1) is 0 Å². The molecule has 27 heavy (non-hydrogen) atoms. The second-order valence-corrected chi connectivity index (χ2v) is 7.21. The number of hydrogen-bond acceptors (Lipinski definition) is 3. The zero-order valence-electron chi connectivity index (χ0n) is 16.1. The van der Waals surface area contributed by atoms with E-state index in [1.54, 1.807) is 12.1 Å². The summed E-state index contributed by atoms with van der Waals surface area (Å²) in [5.41, 5.74) is 1.13. The Hall–Kier alpha value is -2.14. The molecule has 2 atom stereocenters. The van der Waals surface area contributed by atoms with Gasteiger partial charge in [-0.05, 0) is 37.3 Å². The molecule has 1 aromatic rings. The van der Waals surface area contributed by atoms with E-state index in [9.17, 15) is 19.8 Å². The molecule has 1 unspecified atom stereocenters. The summed E-state index contributed by atoms with van der Waals surface area (Å²) in [6, 6.07) is 7.05. The molecule has 0 spiro atoms. The predicted octanol–water partition coefficient (Wildman–Crippen LogP) is 3.81. The molecule has 2 rings (SSSR count). The summed E-state index contributed by atoms with van der Waals surface area (Å²) in [4.78, 5) is 25.3. The van der Waals surface area contributed by atoms with E-state index >= 15 is 0 Å². The van der Waals surface area contributed by atoms with Gasteiger partial charge in [0.25, 0.3) is 0 Å². The van der Waals surface area contributed by atoms with Crippen LogP contribution in [-0.2, 0) is 11.2 Å². The third kappa shape index (κ3) is 6.51. The number of unbranched alkanes of at least 4 members (excludes halogenated alkanes) is 2. The summed E-state index contributed by atoms with van der Waals surface area (Å²) in [6.45, 7) is 2.74. The van der Waals surface area contributed by atoms with E-state index in [0.29, 0.717) is 24.9 Å². The summed E-state index contributed by atoms with van der Waals surface area (Å²) in [5, 5.41) is 19.3. The Balaban J connectivity index is 1.87. The Morgan fingerprint density at radius 3 is 2.81 bits per heavy atom. The number of hydrogen-bond donors (Lipinski definition) is 2. The van der Waals surface area contributed by atoms with E-state index < -0.39 is 12.1 Å². The van der Waals surface area contributed by atoms with Crippen molar-refractivity contribution < 1.29 is 19.8 Å². The lowest BCUT2D eigenvalue weighted by atomic mass is 10.0. The number of rotatable bonds is 11. The van der Waals surface area contributed by atoms with Gasteiger partial charge >= 0.3 is 5.97 Å². The van der Waals surface area contributed by atoms with E-state index in [1.165, 1.54) is 0 Å². The van der Waals surface area contributed by atoms with E-state index in [1.807, 2.05) is 29.2 Å². The van der Waals surface area contributed by atoms with Crippen LogP contribution in [-0.4, -0.2) is 45.7 Å². The highest BCUT2D eigenvalue weighted by atomic mass is 16.4. The van der Waals surface area contributed by atoms with E-state index in [4.69, 9.17) is 0 Å². The van der Waals surface area contributed by atoms with Crippen LogP contribution >= 0.6 is 0 Å². The third-order valence-electron chi connectivity index (χ3n) is 5.13. The fourth-order valence-corrected chi connectivity index (χ4v) is 3.59. The highest BCUT2D eigenvalue weighted by molar-refractivity contribution is 5.89. The van der Waals surface area contributed by atoms with Crippen LogP contribution in [0.15, 0.2) is 36.4 Å². The third-order valence-corrected chi connectivity index (χ3v) is 5.13. The molecule has 0 saturated carbocycles. The molecule has 5 nitrogen and oxygen atoms in total. The molecule has 0 radical (unpaired) electrons. The number of carboxylic acids is 1. The molecule has 1 aliphatic rings. The van der Waals surface area contributed by atoms with Gasteiger partial charge < -0.3 is 15.1 Å². The largest absolute Gasteiger partial charge is 0.478 e. The number of likely N-dealkylation sites (tertiary alicyclic amines) is 1. The van der Waals surface area contributed by atoms with Crippen molar-refractivity contribution in [3.63, 3.8) is 0 Å². The van der Waals surface area contributed by atoms with Gasteiger partial charge in [-0.2, -0.15) is 0 Å². The van der Waals surface area contributed by atoms with Gasteiger partial charge in [0, 0.05) is 13.0 Å². The molecule has 1 heterocycles. The van der Waals surface area contributed by atoms with E-state index in [0.717, 1.165) is 44.1 Å². The SMILES string of the molecule is CCCCC[C@@H](O)C=CC1CCC(=O)N1CCCc1ccccc1C(=O)O. The standard InChI is InChI=1S/C22H31NO4/c1-2-3-4-10-19(24)14-12-18-13-15-21(25)23(18)16-7-9-17-8-5-6-11-20(17)22(26)27/h5-6,8,11-12,14,18-19,24H,2-4,7,9-10,13,15-16H2,1H3,(H,26,27)/t18?,19-/m1/s1. The number of aryl methyl sites for hydroxylation is 1. The number of aliphatic hydroxyl groups is 1. The molecule has 1 aromatic carbocycles. The Labute approximate surface area is 161 Å². The molecule has 0 bridgehead atoms. The maximum atomic E-state index is 12.2. The first-order valence-electron chi connectivity index (χ1n) is 10.00. The molecule has 5 heteroatoms. The minimum absolute atomic E-state index is 0.0352. The van der Waals surface area contributed by atoms with Crippen molar-refractivity contribution in [1.29, 1.82) is 0 Å². The first-order valence-corrected chi connectivity index (χ1v) is 10.00. The maximum absolute atomic E-state index is 12.2. The van der Waals surface area contributed by atoms with Crippen LogP contribution in [0.2, 0.25) is 0 Å². The molecule has 1 amide bonds. The molecule has 1 saturated heterocycles. The zero-order chi connectivity index (χ0) is 19.6. The minimum Gasteiger partial charge on any atom is -0.478 e. The van der Waals surface area contributed by atoms with Crippen molar-refractivity contribution in [2.24, 2.45) is 0 Å². The number of aromatic carboxylic acids is 1. The first-order chi connectivity index (χ1) is 13.0. The van der Waals surface area contributed by atoms with Crippen molar-refractivity contribution in [1.82, 2.24) is 4.90 Å². The number of carbonyl (C=O) groups excluding carboxylic acids is 1. The lowest BCUT2D eigenvalue weighted by Gasteiger charge is -2.23. The Bertz CT molecular complexity index is 655. The van der Waals surface area contributed by atoms with Crippen molar-refractivity contribution in [3.8, 4) is 0 Å². The van der Waals surface area contributed by atoms with Crippen molar-refractivity contribution in [3.05, 3.63) is 47.5 Å². The topological polar surface area (TPSA) is 77.8 Å². The summed E-state index contributed by atoms with van der Waals surface area (Å²) in [5.74, 6) is -0.780. The van der Waals surface area contributed by atoms with Crippen molar-refractivity contribution in [2.45, 2.75) is 70.4 Å². The predicted molar refractivity (Wildman–Crippen MR) is 106 cm³/mol. The van der Waals surface area contributed by atoms with Crippen LogP contribution in [0.1, 0.15) is 67.8 Å². The fourth-order valence-electron chi connectivity index (χ4n) is 3.59. The quantitative estimate of drug-likeness (QED) is 0.457. The summed E-state index contributed by atoms with van der Waals surface area (Å²) in [6.07, 6.45) is 10.0. The van der Waals surface area contributed by atoms with Gasteiger partial charge in [0.05, 0.1) is 17.7 Å². The smallest absolute Gasteiger partial charge is 0.335 e. The monoisotopic (exact) mass is 373 g/mol. The summed E-state index contributed by atoms with van der Waals surface area (Å²) in [7, 11) is 0. The second kappa shape index (κ2) is 10.9. The Morgan fingerprint density at radius 2 is 2.07 bits per heavy atom. The van der Waals surface area contributed by atoms with Gasteiger partial charge in [0.15, 0.2) is 0 Å². The first kappa shape index (κ1) is 21.2. The maximum Gasteiger partial charge on any atom is 0.335 e. The fraction of sp³-hybridized carbons (Fsp3) is 0.545. The van der Waals surface area contributed by atoms with Crippen LogP contribution in [0.4, 0.5) is 0 Å². The molecule has 2 N–H and O–H groups in total. The van der Waals surface area contributed by atoms with Gasteiger partial charge in [0.1, 0.15) is 0 Å². The molecule has 148 valence electrons. The van der Waals surface area contributed by atoms with Crippen LogP contribution < -0.4 is 0 Å². The molecule has 1 fully saturated rings. The van der Waals surface area contributed by atoms with Gasteiger partial charge in [-0.3, -0.25) is 4.79 Å². The highest BCUT2D eigenvalue weighted by Gasteiger charge is 2.28. The lowest BCUT2D eigenvalue weighted by molar-refractivity contribution is -0.128. The second-order valence-electron chi connectivity index (χ2n) is 7.21. The number of carboxylic acid groups (broad SMARTS) is 1. The van der Waals surface area contributed by atoms with Gasteiger partial charge in [0.2, 0.25) is 5.91 Å². The average molecular weight is 373 g/mol. The number of benzene rings is 1. The average Bonchev–Trinajstić information content (AvgIpc) is 3.00. The number of aliphatic hydroxyl groups excluding tert-OH is 1. The number of nitrogens with zero attached hydrogens (tertiary/aromatic N) is 1. The van der Waals surface area contributed by atoms with Gasteiger partial charge in [-0.15, -0.1) is 0 Å². The summed E-state index contributed by atoms with van der Waals surface area (Å²) >= 11 is 0. The molecule has 0 aromatic heterocycles. The van der Waals surface area contributed by atoms with E-state index in [-0.39, 0.29) is 11.9 Å². The van der Waals surface area contributed by atoms with Gasteiger partial charge in [-0.1, -0.05) is 56.5 Å². The Morgan fingerprint density at radius 1 is 1.30 bits per heavy atom. The van der Waals surface area contributed by atoms with Gasteiger partial charge in [-0.25, -0.2) is 4.79 Å². The molecular weight excluding hydrogens is 342 g/mol. The molecular formula is C22H31NO4. The molecule has 1 aliphatic heterocycles. The minimum atomic E-state index is -0.916. The van der Waals surface area contributed by atoms with Crippen molar-refractivity contribution in [2.75, 3.05) is 6.54 Å². The highest BCUT2D eigenvalue weighted by Crippen LogP contribution is 2.21. The van der Waals surface area contributed by atoms with E-state index in [2.05, 4.69) is 6.92 Å².